The Hall–Kier alpha value is -0.650. The van der Waals surface area contributed by atoms with E-state index in [0.717, 1.165) is 44.9 Å². The minimum atomic E-state index is -0.783. The predicted octanol–water partition coefficient (Wildman–Crippen LogP) is 0.685. The standard InChI is InChI=1S/C16H29N3O2/c1-2-21-15(20)16(17,14-5-6-14)12-19-9-7-18(8-10-19)11-13-3-4-13/h13-14H,2-12,17H2,1H3. The molecule has 3 fully saturated rings. The third-order valence-corrected chi connectivity index (χ3v) is 5.12. The number of carbonyl (C=O) groups is 1. The number of hydrogen-bond acceptors (Lipinski definition) is 5. The van der Waals surface area contributed by atoms with E-state index in [-0.39, 0.29) is 5.97 Å². The molecule has 2 saturated carbocycles. The zero-order chi connectivity index (χ0) is 14.9. The van der Waals surface area contributed by atoms with Crippen molar-refractivity contribution in [3.05, 3.63) is 0 Å². The van der Waals surface area contributed by atoms with Crippen LogP contribution in [0.2, 0.25) is 0 Å². The van der Waals surface area contributed by atoms with Gasteiger partial charge >= 0.3 is 5.97 Å². The van der Waals surface area contributed by atoms with Crippen LogP contribution in [-0.4, -0.2) is 67.2 Å². The molecule has 0 bridgehead atoms. The molecule has 3 rings (SSSR count). The summed E-state index contributed by atoms with van der Waals surface area (Å²) >= 11 is 0. The van der Waals surface area contributed by atoms with Crippen molar-refractivity contribution in [2.75, 3.05) is 45.9 Å². The van der Waals surface area contributed by atoms with Crippen LogP contribution in [0.1, 0.15) is 32.6 Å². The number of esters is 1. The minimum Gasteiger partial charge on any atom is -0.465 e. The van der Waals surface area contributed by atoms with Crippen molar-refractivity contribution < 1.29 is 9.53 Å². The van der Waals surface area contributed by atoms with Crippen molar-refractivity contribution in [1.82, 2.24) is 9.80 Å². The van der Waals surface area contributed by atoms with E-state index in [4.69, 9.17) is 10.5 Å². The van der Waals surface area contributed by atoms with E-state index in [9.17, 15) is 4.79 Å². The topological polar surface area (TPSA) is 58.8 Å². The van der Waals surface area contributed by atoms with Crippen molar-refractivity contribution in [3.8, 4) is 0 Å². The maximum Gasteiger partial charge on any atom is 0.327 e. The van der Waals surface area contributed by atoms with Gasteiger partial charge in [0.25, 0.3) is 0 Å². The fourth-order valence-electron chi connectivity index (χ4n) is 3.39. The van der Waals surface area contributed by atoms with Gasteiger partial charge in [-0.3, -0.25) is 4.90 Å². The highest BCUT2D eigenvalue weighted by Crippen LogP contribution is 2.39. The highest BCUT2D eigenvalue weighted by molar-refractivity contribution is 5.82. The van der Waals surface area contributed by atoms with Crippen molar-refractivity contribution in [1.29, 1.82) is 0 Å². The van der Waals surface area contributed by atoms with Gasteiger partial charge in [0.2, 0.25) is 0 Å². The first-order valence-corrected chi connectivity index (χ1v) is 8.52. The number of piperazine rings is 1. The van der Waals surface area contributed by atoms with Crippen LogP contribution in [0, 0.1) is 11.8 Å². The molecule has 1 aliphatic heterocycles. The summed E-state index contributed by atoms with van der Waals surface area (Å²) in [6.45, 7) is 8.47. The Labute approximate surface area is 127 Å². The first-order valence-electron chi connectivity index (χ1n) is 8.52. The molecule has 0 aromatic heterocycles. The lowest BCUT2D eigenvalue weighted by molar-refractivity contribution is -0.151. The lowest BCUT2D eigenvalue weighted by atomic mass is 9.93. The number of carbonyl (C=O) groups excluding carboxylic acids is 1. The van der Waals surface area contributed by atoms with E-state index >= 15 is 0 Å². The average Bonchev–Trinajstić information content (AvgIpc) is 3.35. The Morgan fingerprint density at radius 2 is 1.76 bits per heavy atom. The number of nitrogens with two attached hydrogens (primary N) is 1. The summed E-state index contributed by atoms with van der Waals surface area (Å²) in [6.07, 6.45) is 4.96. The van der Waals surface area contributed by atoms with Gasteiger partial charge in [-0.15, -0.1) is 0 Å². The summed E-state index contributed by atoms with van der Waals surface area (Å²) in [5.41, 5.74) is 5.68. The highest BCUT2D eigenvalue weighted by Gasteiger charge is 2.50. The van der Waals surface area contributed by atoms with Crippen molar-refractivity contribution in [2.24, 2.45) is 17.6 Å². The Kier molecular flexibility index (Phi) is 4.52. The SMILES string of the molecule is CCOC(=O)C(N)(CN1CCN(CC2CC2)CC1)C1CC1. The van der Waals surface area contributed by atoms with E-state index in [1.54, 1.807) is 0 Å². The molecule has 1 heterocycles. The number of ether oxygens (including phenoxy) is 1. The van der Waals surface area contributed by atoms with Crippen LogP contribution in [-0.2, 0) is 9.53 Å². The summed E-state index contributed by atoms with van der Waals surface area (Å²) in [7, 11) is 0. The van der Waals surface area contributed by atoms with Gasteiger partial charge in [-0.25, -0.2) is 4.79 Å². The first-order chi connectivity index (χ1) is 10.1. The summed E-state index contributed by atoms with van der Waals surface area (Å²) in [6, 6.07) is 0. The van der Waals surface area contributed by atoms with Gasteiger partial charge < -0.3 is 15.4 Å². The number of nitrogens with zero attached hydrogens (tertiary/aromatic N) is 2. The number of hydrogen-bond donors (Lipinski definition) is 1. The van der Waals surface area contributed by atoms with Crippen molar-refractivity contribution in [3.63, 3.8) is 0 Å². The van der Waals surface area contributed by atoms with Crippen molar-refractivity contribution >= 4 is 5.97 Å². The lowest BCUT2D eigenvalue weighted by Crippen LogP contribution is -2.61. The van der Waals surface area contributed by atoms with Crippen LogP contribution < -0.4 is 5.73 Å². The second kappa shape index (κ2) is 6.23. The quantitative estimate of drug-likeness (QED) is 0.700. The molecule has 21 heavy (non-hydrogen) atoms. The third kappa shape index (κ3) is 3.76. The summed E-state index contributed by atoms with van der Waals surface area (Å²) in [5.74, 6) is 1.07. The molecular weight excluding hydrogens is 266 g/mol. The fraction of sp³-hybridized carbons (Fsp3) is 0.938. The van der Waals surface area contributed by atoms with E-state index < -0.39 is 5.54 Å². The molecule has 0 spiro atoms. The Bertz CT molecular complexity index is 374. The molecule has 0 radical (unpaired) electrons. The third-order valence-electron chi connectivity index (χ3n) is 5.12. The summed E-state index contributed by atoms with van der Waals surface area (Å²) in [4.78, 5) is 17.2. The molecule has 5 heteroatoms. The van der Waals surface area contributed by atoms with Crippen LogP contribution in [0.15, 0.2) is 0 Å². The molecular formula is C16H29N3O2. The lowest BCUT2D eigenvalue weighted by Gasteiger charge is -2.39. The predicted molar refractivity (Wildman–Crippen MR) is 81.9 cm³/mol. The molecule has 0 amide bonds. The normalized spacial score (nSPS) is 27.3. The maximum absolute atomic E-state index is 12.3. The summed E-state index contributed by atoms with van der Waals surface area (Å²) in [5, 5.41) is 0. The second-order valence-corrected chi connectivity index (χ2v) is 7.06. The molecule has 120 valence electrons. The average molecular weight is 295 g/mol. The van der Waals surface area contributed by atoms with Crippen molar-refractivity contribution in [2.45, 2.75) is 38.1 Å². The largest absolute Gasteiger partial charge is 0.465 e. The molecule has 5 nitrogen and oxygen atoms in total. The molecule has 1 unspecified atom stereocenters. The molecule has 1 atom stereocenters. The zero-order valence-electron chi connectivity index (χ0n) is 13.2. The van der Waals surface area contributed by atoms with Gasteiger partial charge in [-0.05, 0) is 44.4 Å². The van der Waals surface area contributed by atoms with Crippen LogP contribution in [0.4, 0.5) is 0 Å². The zero-order valence-corrected chi connectivity index (χ0v) is 13.2. The molecule has 0 aromatic rings. The molecule has 2 N–H and O–H groups in total. The van der Waals surface area contributed by atoms with Crippen LogP contribution in [0.3, 0.4) is 0 Å². The van der Waals surface area contributed by atoms with Gasteiger partial charge in [-0.2, -0.15) is 0 Å². The van der Waals surface area contributed by atoms with Gasteiger partial charge in [0.15, 0.2) is 0 Å². The Morgan fingerprint density at radius 1 is 1.14 bits per heavy atom. The van der Waals surface area contributed by atoms with Crippen LogP contribution >= 0.6 is 0 Å². The Morgan fingerprint density at radius 3 is 2.29 bits per heavy atom. The van der Waals surface area contributed by atoms with E-state index in [2.05, 4.69) is 9.80 Å². The van der Waals surface area contributed by atoms with Crippen LogP contribution in [0.5, 0.6) is 0 Å². The maximum atomic E-state index is 12.3. The highest BCUT2D eigenvalue weighted by atomic mass is 16.5. The van der Waals surface area contributed by atoms with Gasteiger partial charge in [0, 0.05) is 39.3 Å². The Balaban J connectivity index is 1.50. The number of rotatable bonds is 7. The molecule has 1 saturated heterocycles. The van der Waals surface area contributed by atoms with Gasteiger partial charge in [-0.1, -0.05) is 0 Å². The fourth-order valence-corrected chi connectivity index (χ4v) is 3.39. The monoisotopic (exact) mass is 295 g/mol. The van der Waals surface area contributed by atoms with E-state index in [1.165, 1.54) is 19.4 Å². The minimum absolute atomic E-state index is 0.201. The molecule has 3 aliphatic rings. The van der Waals surface area contributed by atoms with Crippen LogP contribution in [0.25, 0.3) is 0 Å². The van der Waals surface area contributed by atoms with E-state index in [1.807, 2.05) is 6.92 Å². The molecule has 0 aromatic carbocycles. The smallest absolute Gasteiger partial charge is 0.327 e. The summed E-state index contributed by atoms with van der Waals surface area (Å²) < 4.78 is 5.23. The van der Waals surface area contributed by atoms with E-state index in [0.29, 0.717) is 19.1 Å². The second-order valence-electron chi connectivity index (χ2n) is 7.06. The van der Waals surface area contributed by atoms with Gasteiger partial charge in [0.05, 0.1) is 6.61 Å². The molecule has 2 aliphatic carbocycles. The first kappa shape index (κ1) is 15.3. The van der Waals surface area contributed by atoms with Gasteiger partial charge in [0.1, 0.15) is 5.54 Å².